The SMILES string of the molecule is Cc1ncn(-c2cc(Oc3ccc4c5ccccc5n(-c5cc(C(C)(C)C)ccn5)c4c3)cc(C(C)(C)C)c2)c1C. The van der Waals surface area contributed by atoms with Crippen LogP contribution in [0, 0.1) is 13.8 Å². The van der Waals surface area contributed by atoms with E-state index in [0.717, 1.165) is 45.4 Å². The molecule has 0 saturated heterocycles. The fourth-order valence-corrected chi connectivity index (χ4v) is 5.38. The molecule has 0 spiro atoms. The van der Waals surface area contributed by atoms with Crippen molar-refractivity contribution in [1.29, 1.82) is 0 Å². The third-order valence-electron chi connectivity index (χ3n) is 8.01. The molecule has 0 aliphatic heterocycles. The maximum Gasteiger partial charge on any atom is 0.137 e. The number of hydrogen-bond acceptors (Lipinski definition) is 3. The first kappa shape index (κ1) is 26.8. The Morgan fingerprint density at radius 2 is 1.39 bits per heavy atom. The Kier molecular flexibility index (Phi) is 6.29. The van der Waals surface area contributed by atoms with Gasteiger partial charge in [0, 0.05) is 34.8 Å². The molecule has 3 aromatic heterocycles. The molecule has 0 bridgehead atoms. The Hall–Kier alpha value is -4.38. The van der Waals surface area contributed by atoms with Gasteiger partial charge >= 0.3 is 0 Å². The highest BCUT2D eigenvalue weighted by atomic mass is 16.5. The minimum Gasteiger partial charge on any atom is -0.457 e. The number of aryl methyl sites for hydroxylation is 1. The van der Waals surface area contributed by atoms with Crippen LogP contribution in [0.25, 0.3) is 33.3 Å². The lowest BCUT2D eigenvalue weighted by Gasteiger charge is -2.22. The Bertz CT molecular complexity index is 1910. The molecule has 208 valence electrons. The fraction of sp³-hybridized carbons (Fsp3) is 0.278. The Morgan fingerprint density at radius 3 is 2.10 bits per heavy atom. The normalized spacial score (nSPS) is 12.4. The standard InChI is InChI=1S/C36H38N4O/c1-23-24(2)39(22-38-23)27-17-26(36(6,7)8)18-29(20-27)41-28-13-14-31-30-11-9-10-12-32(30)40(33(31)21-28)34-19-25(15-16-37-34)35(3,4)5/h9-22H,1-8H3. The van der Waals surface area contributed by atoms with Crippen molar-refractivity contribution in [3.8, 4) is 23.0 Å². The van der Waals surface area contributed by atoms with Crippen molar-refractivity contribution >= 4 is 21.8 Å². The Morgan fingerprint density at radius 1 is 0.659 bits per heavy atom. The molecule has 5 heteroatoms. The summed E-state index contributed by atoms with van der Waals surface area (Å²) < 4.78 is 11.0. The first-order valence-electron chi connectivity index (χ1n) is 14.2. The number of imidazole rings is 1. The van der Waals surface area contributed by atoms with Crippen LogP contribution in [0.4, 0.5) is 0 Å². The van der Waals surface area contributed by atoms with E-state index in [2.05, 4.69) is 135 Å². The van der Waals surface area contributed by atoms with Crippen molar-refractivity contribution in [3.05, 3.63) is 108 Å². The van der Waals surface area contributed by atoms with Crippen molar-refractivity contribution in [2.45, 2.75) is 66.2 Å². The van der Waals surface area contributed by atoms with E-state index in [-0.39, 0.29) is 10.8 Å². The zero-order chi connectivity index (χ0) is 29.1. The second kappa shape index (κ2) is 9.62. The van der Waals surface area contributed by atoms with Gasteiger partial charge in [-0.05, 0) is 78.3 Å². The second-order valence-corrected chi connectivity index (χ2v) is 13.0. The molecule has 0 unspecified atom stereocenters. The van der Waals surface area contributed by atoms with E-state index in [1.165, 1.54) is 21.9 Å². The van der Waals surface area contributed by atoms with Gasteiger partial charge < -0.3 is 9.30 Å². The third kappa shape index (κ3) is 4.90. The van der Waals surface area contributed by atoms with Gasteiger partial charge in [0.15, 0.2) is 0 Å². The summed E-state index contributed by atoms with van der Waals surface area (Å²) in [6.45, 7) is 17.5. The van der Waals surface area contributed by atoms with Crippen molar-refractivity contribution in [2.24, 2.45) is 0 Å². The van der Waals surface area contributed by atoms with E-state index < -0.39 is 0 Å². The van der Waals surface area contributed by atoms with Gasteiger partial charge in [0.05, 0.1) is 28.7 Å². The summed E-state index contributed by atoms with van der Waals surface area (Å²) in [5.41, 5.74) is 7.81. The van der Waals surface area contributed by atoms with Gasteiger partial charge in [-0.3, -0.25) is 4.57 Å². The smallest absolute Gasteiger partial charge is 0.137 e. The van der Waals surface area contributed by atoms with Gasteiger partial charge in [0.1, 0.15) is 17.3 Å². The topological polar surface area (TPSA) is 44.9 Å². The molecule has 5 nitrogen and oxygen atoms in total. The van der Waals surface area contributed by atoms with Crippen molar-refractivity contribution < 1.29 is 4.74 Å². The molecule has 0 radical (unpaired) electrons. The molecule has 41 heavy (non-hydrogen) atoms. The van der Waals surface area contributed by atoms with Gasteiger partial charge in [-0.25, -0.2) is 9.97 Å². The van der Waals surface area contributed by atoms with Crippen LogP contribution >= 0.6 is 0 Å². The highest BCUT2D eigenvalue weighted by molar-refractivity contribution is 6.09. The molecule has 0 N–H and O–H groups in total. The molecule has 0 fully saturated rings. The van der Waals surface area contributed by atoms with Crippen LogP contribution < -0.4 is 4.74 Å². The Balaban J connectivity index is 1.50. The summed E-state index contributed by atoms with van der Waals surface area (Å²) in [6.07, 6.45) is 3.80. The van der Waals surface area contributed by atoms with E-state index >= 15 is 0 Å². The molecule has 0 saturated carbocycles. The quantitative estimate of drug-likeness (QED) is 0.223. The van der Waals surface area contributed by atoms with Crippen molar-refractivity contribution in [2.75, 3.05) is 0 Å². The summed E-state index contributed by atoms with van der Waals surface area (Å²) in [7, 11) is 0. The summed E-state index contributed by atoms with van der Waals surface area (Å²) in [5.74, 6) is 2.49. The number of nitrogens with zero attached hydrogens (tertiary/aromatic N) is 4. The van der Waals surface area contributed by atoms with Crippen LogP contribution in [0.5, 0.6) is 11.5 Å². The highest BCUT2D eigenvalue weighted by Gasteiger charge is 2.20. The predicted molar refractivity (Wildman–Crippen MR) is 169 cm³/mol. The molecule has 0 aliphatic rings. The minimum absolute atomic E-state index is 0.0205. The average Bonchev–Trinajstić information content (AvgIpc) is 3.43. The van der Waals surface area contributed by atoms with Crippen LogP contribution in [-0.2, 0) is 10.8 Å². The second-order valence-electron chi connectivity index (χ2n) is 13.0. The number of aromatic nitrogens is 4. The number of ether oxygens (including phenoxy) is 1. The minimum atomic E-state index is -0.0439. The van der Waals surface area contributed by atoms with Gasteiger partial charge in [-0.2, -0.15) is 0 Å². The van der Waals surface area contributed by atoms with Gasteiger partial charge in [0.25, 0.3) is 0 Å². The summed E-state index contributed by atoms with van der Waals surface area (Å²) in [4.78, 5) is 9.34. The van der Waals surface area contributed by atoms with Gasteiger partial charge in [0.2, 0.25) is 0 Å². The van der Waals surface area contributed by atoms with Crippen molar-refractivity contribution in [3.63, 3.8) is 0 Å². The first-order valence-corrected chi connectivity index (χ1v) is 14.2. The summed E-state index contributed by atoms with van der Waals surface area (Å²) in [6, 6.07) is 25.7. The van der Waals surface area contributed by atoms with Crippen molar-refractivity contribution in [1.82, 2.24) is 19.1 Å². The number of benzene rings is 3. The number of fused-ring (bicyclic) bond motifs is 3. The summed E-state index contributed by atoms with van der Waals surface area (Å²) >= 11 is 0. The molecule has 0 atom stereocenters. The molecule has 3 heterocycles. The van der Waals surface area contributed by atoms with Crippen LogP contribution in [0.15, 0.2) is 85.3 Å². The lowest BCUT2D eigenvalue weighted by molar-refractivity contribution is 0.478. The zero-order valence-corrected chi connectivity index (χ0v) is 25.3. The number of para-hydroxylation sites is 1. The number of hydrogen-bond donors (Lipinski definition) is 0. The Labute approximate surface area is 242 Å². The molecular formula is C36H38N4O. The number of pyridine rings is 1. The molecule has 3 aromatic carbocycles. The van der Waals surface area contributed by atoms with Gasteiger partial charge in [-0.1, -0.05) is 59.7 Å². The van der Waals surface area contributed by atoms with E-state index in [1.807, 2.05) is 19.4 Å². The van der Waals surface area contributed by atoms with E-state index in [0.29, 0.717) is 0 Å². The predicted octanol–water partition coefficient (Wildman–Crippen LogP) is 9.37. The molecular weight excluding hydrogens is 504 g/mol. The lowest BCUT2D eigenvalue weighted by atomic mass is 9.86. The maximum atomic E-state index is 6.63. The van der Waals surface area contributed by atoms with Crippen LogP contribution in [-0.4, -0.2) is 19.1 Å². The van der Waals surface area contributed by atoms with Crippen LogP contribution in [0.2, 0.25) is 0 Å². The van der Waals surface area contributed by atoms with Crippen LogP contribution in [0.1, 0.15) is 64.1 Å². The van der Waals surface area contributed by atoms with Crippen LogP contribution in [0.3, 0.4) is 0 Å². The lowest BCUT2D eigenvalue weighted by Crippen LogP contribution is -2.12. The zero-order valence-electron chi connectivity index (χ0n) is 25.3. The third-order valence-corrected chi connectivity index (χ3v) is 8.01. The van der Waals surface area contributed by atoms with E-state index in [1.54, 1.807) is 0 Å². The molecule has 6 aromatic rings. The van der Waals surface area contributed by atoms with E-state index in [4.69, 9.17) is 9.72 Å². The van der Waals surface area contributed by atoms with E-state index in [9.17, 15) is 0 Å². The molecule has 0 aliphatic carbocycles. The first-order chi connectivity index (χ1) is 19.4. The van der Waals surface area contributed by atoms with Gasteiger partial charge in [-0.15, -0.1) is 0 Å². The largest absolute Gasteiger partial charge is 0.457 e. The average molecular weight is 543 g/mol. The molecule has 0 amide bonds. The maximum absolute atomic E-state index is 6.63. The monoisotopic (exact) mass is 542 g/mol. The summed E-state index contributed by atoms with van der Waals surface area (Å²) in [5, 5.41) is 2.37. The fourth-order valence-electron chi connectivity index (χ4n) is 5.38. The molecule has 6 rings (SSSR count). The highest BCUT2D eigenvalue weighted by Crippen LogP contribution is 2.37. The number of rotatable bonds is 4.